The summed E-state index contributed by atoms with van der Waals surface area (Å²) in [5.41, 5.74) is 0. The first kappa shape index (κ1) is 12.7. The molecule has 1 fully saturated rings. The van der Waals surface area contributed by atoms with Crippen LogP contribution in [0.5, 0.6) is 0 Å². The largest absolute Gasteiger partial charge is 0.317 e. The second kappa shape index (κ2) is 5.63. The van der Waals surface area contributed by atoms with Crippen LogP contribution in [0.2, 0.25) is 0 Å². The zero-order chi connectivity index (χ0) is 11.3. The average Bonchev–Trinajstić information content (AvgIpc) is 2.26. The fourth-order valence-electron chi connectivity index (χ4n) is 1.78. The Morgan fingerprint density at radius 1 is 1.47 bits per heavy atom. The Labute approximate surface area is 92.4 Å². The Hall–Kier alpha value is -0.390. The lowest BCUT2D eigenvalue weighted by molar-refractivity contribution is 0.298. The van der Waals surface area contributed by atoms with Crippen molar-refractivity contribution in [2.45, 2.75) is 25.3 Å². The maximum Gasteiger partial charge on any atom is 0.214 e. The number of allylic oxidation sites excluding steroid dienone is 1. The van der Waals surface area contributed by atoms with Crippen molar-refractivity contribution in [1.29, 1.82) is 0 Å². The highest BCUT2D eigenvalue weighted by Gasteiger charge is 2.26. The van der Waals surface area contributed by atoms with Gasteiger partial charge in [0.15, 0.2) is 0 Å². The molecule has 5 heteroatoms. The molecule has 1 aliphatic rings. The van der Waals surface area contributed by atoms with E-state index in [1.165, 1.54) is 0 Å². The number of hydrogen-bond donors (Lipinski definition) is 1. The van der Waals surface area contributed by atoms with Crippen LogP contribution in [-0.2, 0) is 10.0 Å². The predicted octanol–water partition coefficient (Wildman–Crippen LogP) is 0.576. The monoisotopic (exact) mass is 232 g/mol. The van der Waals surface area contributed by atoms with Crippen molar-refractivity contribution in [2.24, 2.45) is 0 Å². The first-order valence-corrected chi connectivity index (χ1v) is 6.97. The second-order valence-electron chi connectivity index (χ2n) is 3.86. The summed E-state index contributed by atoms with van der Waals surface area (Å²) in [7, 11) is -1.12. The molecular weight excluding hydrogens is 212 g/mol. The standard InChI is InChI=1S/C10H20N2O2S/c1-3-4-9-15(13,14)12-7-5-10(11-2)6-8-12/h3,10-11H,1,4-9H2,2H3. The fourth-order valence-corrected chi connectivity index (χ4v) is 3.27. The molecule has 1 rings (SSSR count). The van der Waals surface area contributed by atoms with E-state index < -0.39 is 10.0 Å². The predicted molar refractivity (Wildman–Crippen MR) is 62.3 cm³/mol. The van der Waals surface area contributed by atoms with Crippen molar-refractivity contribution in [3.05, 3.63) is 12.7 Å². The number of hydrogen-bond acceptors (Lipinski definition) is 3. The molecule has 0 radical (unpaired) electrons. The highest BCUT2D eigenvalue weighted by Crippen LogP contribution is 2.14. The molecule has 0 aromatic carbocycles. The topological polar surface area (TPSA) is 49.4 Å². The minimum Gasteiger partial charge on any atom is -0.317 e. The SMILES string of the molecule is C=CCCS(=O)(=O)N1CCC(NC)CC1. The van der Waals surface area contributed by atoms with Gasteiger partial charge in [-0.1, -0.05) is 6.08 Å². The minimum absolute atomic E-state index is 0.195. The molecule has 15 heavy (non-hydrogen) atoms. The molecule has 0 bridgehead atoms. The molecule has 1 aliphatic heterocycles. The first-order chi connectivity index (χ1) is 7.10. The van der Waals surface area contributed by atoms with Crippen LogP contribution >= 0.6 is 0 Å². The van der Waals surface area contributed by atoms with E-state index in [0.717, 1.165) is 12.8 Å². The van der Waals surface area contributed by atoms with E-state index in [2.05, 4.69) is 11.9 Å². The fraction of sp³-hybridized carbons (Fsp3) is 0.800. The van der Waals surface area contributed by atoms with Gasteiger partial charge in [-0.25, -0.2) is 12.7 Å². The molecule has 1 N–H and O–H groups in total. The number of nitrogens with zero attached hydrogens (tertiary/aromatic N) is 1. The Morgan fingerprint density at radius 2 is 2.07 bits per heavy atom. The summed E-state index contributed by atoms with van der Waals surface area (Å²) < 4.78 is 25.2. The zero-order valence-corrected chi connectivity index (χ0v) is 10.1. The Bertz CT molecular complexity index is 293. The van der Waals surface area contributed by atoms with E-state index in [0.29, 0.717) is 25.6 Å². The Morgan fingerprint density at radius 3 is 2.53 bits per heavy atom. The molecule has 0 aromatic rings. The number of nitrogens with one attached hydrogen (secondary N) is 1. The second-order valence-corrected chi connectivity index (χ2v) is 5.94. The third-order valence-corrected chi connectivity index (χ3v) is 4.74. The van der Waals surface area contributed by atoms with Crippen LogP contribution in [0.15, 0.2) is 12.7 Å². The molecule has 0 aromatic heterocycles. The van der Waals surface area contributed by atoms with Crippen molar-refractivity contribution in [3.63, 3.8) is 0 Å². The molecule has 0 saturated carbocycles. The van der Waals surface area contributed by atoms with Gasteiger partial charge in [0.1, 0.15) is 0 Å². The van der Waals surface area contributed by atoms with Gasteiger partial charge in [-0.05, 0) is 26.3 Å². The summed E-state index contributed by atoms with van der Waals surface area (Å²) >= 11 is 0. The highest BCUT2D eigenvalue weighted by atomic mass is 32.2. The van der Waals surface area contributed by atoms with E-state index in [1.54, 1.807) is 10.4 Å². The first-order valence-electron chi connectivity index (χ1n) is 5.36. The number of rotatable bonds is 5. The van der Waals surface area contributed by atoms with Gasteiger partial charge in [0, 0.05) is 19.1 Å². The molecule has 0 aliphatic carbocycles. The van der Waals surface area contributed by atoms with Crippen LogP contribution in [0.25, 0.3) is 0 Å². The van der Waals surface area contributed by atoms with Gasteiger partial charge in [-0.3, -0.25) is 0 Å². The lowest BCUT2D eigenvalue weighted by Crippen LogP contribution is -2.44. The third-order valence-electron chi connectivity index (χ3n) is 2.84. The van der Waals surface area contributed by atoms with Gasteiger partial charge in [-0.15, -0.1) is 6.58 Å². The summed E-state index contributed by atoms with van der Waals surface area (Å²) in [4.78, 5) is 0. The summed E-state index contributed by atoms with van der Waals surface area (Å²) in [5.74, 6) is 0.195. The molecule has 0 spiro atoms. The van der Waals surface area contributed by atoms with Crippen LogP contribution in [0, 0.1) is 0 Å². The van der Waals surface area contributed by atoms with Crippen molar-refractivity contribution in [3.8, 4) is 0 Å². The Kier molecular flexibility index (Phi) is 4.76. The van der Waals surface area contributed by atoms with Crippen molar-refractivity contribution in [1.82, 2.24) is 9.62 Å². The van der Waals surface area contributed by atoms with Crippen LogP contribution in [0.4, 0.5) is 0 Å². The van der Waals surface area contributed by atoms with E-state index in [9.17, 15) is 8.42 Å². The molecule has 1 heterocycles. The molecule has 88 valence electrons. The van der Waals surface area contributed by atoms with Crippen LogP contribution in [0.3, 0.4) is 0 Å². The third kappa shape index (κ3) is 3.59. The number of sulfonamides is 1. The molecule has 0 atom stereocenters. The van der Waals surface area contributed by atoms with Gasteiger partial charge in [0.05, 0.1) is 5.75 Å². The maximum absolute atomic E-state index is 11.8. The quantitative estimate of drug-likeness (QED) is 0.705. The molecule has 0 amide bonds. The average molecular weight is 232 g/mol. The van der Waals surface area contributed by atoms with Gasteiger partial charge in [-0.2, -0.15) is 0 Å². The molecule has 4 nitrogen and oxygen atoms in total. The zero-order valence-electron chi connectivity index (χ0n) is 9.28. The lowest BCUT2D eigenvalue weighted by Gasteiger charge is -2.30. The van der Waals surface area contributed by atoms with E-state index in [4.69, 9.17) is 0 Å². The normalized spacial score (nSPS) is 20.3. The molecule has 0 unspecified atom stereocenters. The summed E-state index contributed by atoms with van der Waals surface area (Å²) in [6.07, 6.45) is 4.00. The van der Waals surface area contributed by atoms with E-state index in [-0.39, 0.29) is 5.75 Å². The van der Waals surface area contributed by atoms with Crippen LogP contribution in [-0.4, -0.2) is 44.7 Å². The summed E-state index contributed by atoms with van der Waals surface area (Å²) in [6.45, 7) is 4.83. The van der Waals surface area contributed by atoms with Crippen LogP contribution in [0.1, 0.15) is 19.3 Å². The smallest absolute Gasteiger partial charge is 0.214 e. The molecular formula is C10H20N2O2S. The minimum atomic E-state index is -3.04. The van der Waals surface area contributed by atoms with E-state index in [1.807, 2.05) is 7.05 Å². The van der Waals surface area contributed by atoms with Gasteiger partial charge in [0.25, 0.3) is 0 Å². The highest BCUT2D eigenvalue weighted by molar-refractivity contribution is 7.89. The van der Waals surface area contributed by atoms with Crippen molar-refractivity contribution >= 4 is 10.0 Å². The Balaban J connectivity index is 2.48. The lowest BCUT2D eigenvalue weighted by atomic mass is 10.1. The van der Waals surface area contributed by atoms with Gasteiger partial charge in [0.2, 0.25) is 10.0 Å². The van der Waals surface area contributed by atoms with Gasteiger partial charge < -0.3 is 5.32 Å². The molecule has 1 saturated heterocycles. The van der Waals surface area contributed by atoms with Gasteiger partial charge >= 0.3 is 0 Å². The summed E-state index contributed by atoms with van der Waals surface area (Å²) in [6, 6.07) is 0.468. The van der Waals surface area contributed by atoms with E-state index >= 15 is 0 Å². The van der Waals surface area contributed by atoms with Crippen LogP contribution < -0.4 is 5.32 Å². The van der Waals surface area contributed by atoms with Crippen molar-refractivity contribution < 1.29 is 8.42 Å². The number of piperidine rings is 1. The summed E-state index contributed by atoms with van der Waals surface area (Å²) in [5, 5.41) is 3.18. The maximum atomic E-state index is 11.8. The van der Waals surface area contributed by atoms with Crippen molar-refractivity contribution in [2.75, 3.05) is 25.9 Å².